The van der Waals surface area contributed by atoms with E-state index in [2.05, 4.69) is 31.0 Å². The van der Waals surface area contributed by atoms with Crippen molar-refractivity contribution in [2.45, 2.75) is 39.8 Å². The Morgan fingerprint density at radius 1 is 1.35 bits per heavy atom. The Labute approximate surface area is 104 Å². The molecule has 96 valence electrons. The summed E-state index contributed by atoms with van der Waals surface area (Å²) in [6, 6.07) is 5.81. The summed E-state index contributed by atoms with van der Waals surface area (Å²) in [6.45, 7) is 7.89. The van der Waals surface area contributed by atoms with Crippen molar-refractivity contribution >= 4 is 5.69 Å². The molecule has 0 saturated carbocycles. The van der Waals surface area contributed by atoms with Crippen molar-refractivity contribution < 1.29 is 4.39 Å². The Bertz CT molecular complexity index is 350. The summed E-state index contributed by atoms with van der Waals surface area (Å²) < 4.78 is 14.0. The summed E-state index contributed by atoms with van der Waals surface area (Å²) >= 11 is 0. The fourth-order valence-corrected chi connectivity index (χ4v) is 2.00. The van der Waals surface area contributed by atoms with Gasteiger partial charge in [0.1, 0.15) is 5.82 Å². The van der Waals surface area contributed by atoms with Crippen molar-refractivity contribution in [1.82, 2.24) is 5.32 Å². The molecule has 3 heteroatoms. The Morgan fingerprint density at radius 3 is 2.53 bits per heavy atom. The summed E-state index contributed by atoms with van der Waals surface area (Å²) in [5.41, 5.74) is 1.69. The molecule has 0 fully saturated rings. The lowest BCUT2D eigenvalue weighted by atomic mass is 10.1. The maximum atomic E-state index is 14.0. The SMILES string of the molecule is CCCN(c1ccc(CNC)cc1F)C(C)C. The van der Waals surface area contributed by atoms with E-state index in [1.54, 1.807) is 6.07 Å². The van der Waals surface area contributed by atoms with Gasteiger partial charge in [0, 0.05) is 19.1 Å². The monoisotopic (exact) mass is 238 g/mol. The first-order valence-corrected chi connectivity index (χ1v) is 6.29. The van der Waals surface area contributed by atoms with Gasteiger partial charge in [-0.1, -0.05) is 13.0 Å². The quantitative estimate of drug-likeness (QED) is 0.819. The van der Waals surface area contributed by atoms with Crippen molar-refractivity contribution in [3.8, 4) is 0 Å². The van der Waals surface area contributed by atoms with Crippen LogP contribution >= 0.6 is 0 Å². The van der Waals surface area contributed by atoms with E-state index in [1.807, 2.05) is 19.2 Å². The van der Waals surface area contributed by atoms with E-state index >= 15 is 0 Å². The van der Waals surface area contributed by atoms with Crippen LogP contribution in [0.5, 0.6) is 0 Å². The minimum atomic E-state index is -0.125. The number of hydrogen-bond acceptors (Lipinski definition) is 2. The highest BCUT2D eigenvalue weighted by atomic mass is 19.1. The van der Waals surface area contributed by atoms with E-state index in [0.29, 0.717) is 18.3 Å². The second-order valence-electron chi connectivity index (χ2n) is 4.60. The largest absolute Gasteiger partial charge is 0.367 e. The van der Waals surface area contributed by atoms with Crippen LogP contribution in [0.2, 0.25) is 0 Å². The molecule has 1 aromatic rings. The Kier molecular flexibility index (Phi) is 5.42. The third-order valence-electron chi connectivity index (χ3n) is 2.79. The molecule has 17 heavy (non-hydrogen) atoms. The van der Waals surface area contributed by atoms with Crippen LogP contribution in [-0.4, -0.2) is 19.6 Å². The molecule has 0 aliphatic heterocycles. The van der Waals surface area contributed by atoms with Gasteiger partial charge in [-0.25, -0.2) is 4.39 Å². The first-order chi connectivity index (χ1) is 8.10. The third-order valence-corrected chi connectivity index (χ3v) is 2.79. The molecule has 2 nitrogen and oxygen atoms in total. The van der Waals surface area contributed by atoms with Gasteiger partial charge < -0.3 is 10.2 Å². The fourth-order valence-electron chi connectivity index (χ4n) is 2.00. The topological polar surface area (TPSA) is 15.3 Å². The number of anilines is 1. The molecule has 0 aliphatic rings. The molecule has 0 heterocycles. The first kappa shape index (κ1) is 14.0. The Balaban J connectivity index is 2.95. The van der Waals surface area contributed by atoms with Crippen LogP contribution in [0, 0.1) is 5.82 Å². The van der Waals surface area contributed by atoms with Crippen LogP contribution in [0.25, 0.3) is 0 Å². The number of benzene rings is 1. The number of halogens is 1. The van der Waals surface area contributed by atoms with Gasteiger partial charge in [-0.3, -0.25) is 0 Å². The molecule has 0 bridgehead atoms. The minimum Gasteiger partial charge on any atom is -0.367 e. The van der Waals surface area contributed by atoms with Gasteiger partial charge in [-0.15, -0.1) is 0 Å². The van der Waals surface area contributed by atoms with Crippen molar-refractivity contribution in [2.75, 3.05) is 18.5 Å². The zero-order valence-electron chi connectivity index (χ0n) is 11.3. The third kappa shape index (κ3) is 3.70. The van der Waals surface area contributed by atoms with Gasteiger partial charge in [0.2, 0.25) is 0 Å². The van der Waals surface area contributed by atoms with Crippen molar-refractivity contribution in [2.24, 2.45) is 0 Å². The highest BCUT2D eigenvalue weighted by Crippen LogP contribution is 2.22. The molecule has 0 aliphatic carbocycles. The number of hydrogen-bond donors (Lipinski definition) is 1. The molecule has 0 amide bonds. The zero-order chi connectivity index (χ0) is 12.8. The lowest BCUT2D eigenvalue weighted by Gasteiger charge is -2.29. The van der Waals surface area contributed by atoms with Gasteiger partial charge >= 0.3 is 0 Å². The second kappa shape index (κ2) is 6.60. The van der Waals surface area contributed by atoms with E-state index in [-0.39, 0.29) is 5.82 Å². The number of nitrogens with zero attached hydrogens (tertiary/aromatic N) is 1. The molecule has 0 aromatic heterocycles. The highest BCUT2D eigenvalue weighted by molar-refractivity contribution is 5.49. The predicted octanol–water partition coefficient (Wildman–Crippen LogP) is 3.17. The van der Waals surface area contributed by atoms with E-state index in [0.717, 1.165) is 18.5 Å². The molecular weight excluding hydrogens is 215 g/mol. The maximum Gasteiger partial charge on any atom is 0.146 e. The number of rotatable bonds is 6. The van der Waals surface area contributed by atoms with Crippen molar-refractivity contribution in [3.05, 3.63) is 29.6 Å². The average molecular weight is 238 g/mol. The van der Waals surface area contributed by atoms with Crippen LogP contribution in [0.4, 0.5) is 10.1 Å². The molecule has 0 unspecified atom stereocenters. The second-order valence-corrected chi connectivity index (χ2v) is 4.60. The average Bonchev–Trinajstić information content (AvgIpc) is 2.27. The van der Waals surface area contributed by atoms with Crippen LogP contribution in [0.1, 0.15) is 32.8 Å². The van der Waals surface area contributed by atoms with Crippen molar-refractivity contribution in [1.29, 1.82) is 0 Å². The Hall–Kier alpha value is -1.09. The van der Waals surface area contributed by atoms with Gasteiger partial charge in [0.25, 0.3) is 0 Å². The van der Waals surface area contributed by atoms with Gasteiger partial charge in [0.05, 0.1) is 5.69 Å². The summed E-state index contributed by atoms with van der Waals surface area (Å²) in [5, 5.41) is 3.03. The van der Waals surface area contributed by atoms with E-state index in [9.17, 15) is 4.39 Å². The maximum absolute atomic E-state index is 14.0. The van der Waals surface area contributed by atoms with Crippen molar-refractivity contribution in [3.63, 3.8) is 0 Å². The summed E-state index contributed by atoms with van der Waals surface area (Å²) in [7, 11) is 1.86. The van der Waals surface area contributed by atoms with Crippen LogP contribution < -0.4 is 10.2 Å². The zero-order valence-corrected chi connectivity index (χ0v) is 11.3. The molecule has 1 N–H and O–H groups in total. The van der Waals surface area contributed by atoms with Gasteiger partial charge in [0.15, 0.2) is 0 Å². The molecule has 1 aromatic carbocycles. The lowest BCUT2D eigenvalue weighted by molar-refractivity contribution is 0.594. The lowest BCUT2D eigenvalue weighted by Crippen LogP contribution is -2.32. The molecule has 1 rings (SSSR count). The van der Waals surface area contributed by atoms with Crippen LogP contribution in [0.15, 0.2) is 18.2 Å². The molecular formula is C14H23FN2. The summed E-state index contributed by atoms with van der Waals surface area (Å²) in [5.74, 6) is -0.125. The molecule has 0 radical (unpaired) electrons. The fraction of sp³-hybridized carbons (Fsp3) is 0.571. The highest BCUT2D eigenvalue weighted by Gasteiger charge is 2.14. The van der Waals surface area contributed by atoms with E-state index in [4.69, 9.17) is 0 Å². The first-order valence-electron chi connectivity index (χ1n) is 6.29. The molecule has 0 atom stereocenters. The standard InChI is InChI=1S/C14H23FN2/c1-5-8-17(11(2)3)14-7-6-12(10-16-4)9-13(14)15/h6-7,9,11,16H,5,8,10H2,1-4H3. The predicted molar refractivity (Wildman–Crippen MR) is 71.9 cm³/mol. The van der Waals surface area contributed by atoms with Crippen LogP contribution in [0.3, 0.4) is 0 Å². The smallest absolute Gasteiger partial charge is 0.146 e. The van der Waals surface area contributed by atoms with Gasteiger partial charge in [-0.2, -0.15) is 0 Å². The summed E-state index contributed by atoms with van der Waals surface area (Å²) in [6.07, 6.45) is 1.02. The normalized spacial score (nSPS) is 10.9. The minimum absolute atomic E-state index is 0.125. The molecule has 0 spiro atoms. The molecule has 0 saturated heterocycles. The summed E-state index contributed by atoms with van der Waals surface area (Å²) in [4.78, 5) is 2.11. The number of nitrogens with one attached hydrogen (secondary N) is 1. The van der Waals surface area contributed by atoms with E-state index < -0.39 is 0 Å². The van der Waals surface area contributed by atoms with E-state index in [1.165, 1.54) is 0 Å². The van der Waals surface area contributed by atoms with Gasteiger partial charge in [-0.05, 0) is 45.0 Å². The Morgan fingerprint density at radius 2 is 2.06 bits per heavy atom. The van der Waals surface area contributed by atoms with Crippen LogP contribution in [-0.2, 0) is 6.54 Å².